The lowest BCUT2D eigenvalue weighted by molar-refractivity contribution is -0.273. The van der Waals surface area contributed by atoms with Crippen LogP contribution < -0.4 is 0 Å². The van der Waals surface area contributed by atoms with Crippen molar-refractivity contribution in [1.29, 1.82) is 0 Å². The molecule has 0 bridgehead atoms. The Kier molecular flexibility index (Phi) is 6.36. The van der Waals surface area contributed by atoms with E-state index >= 15 is 0 Å². The van der Waals surface area contributed by atoms with Crippen molar-refractivity contribution in [3.63, 3.8) is 0 Å². The molecule has 1 N–H and O–H groups in total. The molecule has 1 aromatic carbocycles. The third-order valence-electron chi connectivity index (χ3n) is 13.2. The lowest BCUT2D eigenvalue weighted by Crippen LogP contribution is -2.58. The topological polar surface area (TPSA) is 47.9 Å². The second-order valence-corrected chi connectivity index (χ2v) is 15.0. The SMILES string of the molecule is C[C@@H]1CC[C@@]2(OC1)O[C@H]1C[C@H]3[C@@H]4C[C@@H](O)[C@@H]5C[C@@H](OCc6ccccc6)CC[C@]5(C)[C@H]4CC[C@]3(C)[C@H]1[C@@H]2C. The zero-order valence-electron chi connectivity index (χ0n) is 24.1. The monoisotopic (exact) mass is 522 g/mol. The molecule has 6 aliphatic rings. The summed E-state index contributed by atoms with van der Waals surface area (Å²) in [6.45, 7) is 11.4. The number of hydrogen-bond acceptors (Lipinski definition) is 4. The normalized spacial score (nSPS) is 53.7. The molecule has 6 fully saturated rings. The average Bonchev–Trinajstić information content (AvgIpc) is 3.36. The Balaban J connectivity index is 1.07. The van der Waals surface area contributed by atoms with Gasteiger partial charge in [-0.15, -0.1) is 0 Å². The number of benzene rings is 1. The Morgan fingerprint density at radius 2 is 1.68 bits per heavy atom. The number of fused-ring (bicyclic) bond motifs is 7. The maximum atomic E-state index is 11.7. The van der Waals surface area contributed by atoms with Crippen molar-refractivity contribution in [3.05, 3.63) is 35.9 Å². The van der Waals surface area contributed by atoms with E-state index in [1.165, 1.54) is 37.7 Å². The van der Waals surface area contributed by atoms with Crippen molar-refractivity contribution in [2.24, 2.45) is 52.3 Å². The molecule has 4 heteroatoms. The first kappa shape index (κ1) is 26.0. The predicted molar refractivity (Wildman–Crippen MR) is 148 cm³/mol. The highest BCUT2D eigenvalue weighted by molar-refractivity contribution is 5.17. The van der Waals surface area contributed by atoms with E-state index in [4.69, 9.17) is 14.2 Å². The largest absolute Gasteiger partial charge is 0.393 e. The third kappa shape index (κ3) is 3.83. The Hall–Kier alpha value is -0.940. The summed E-state index contributed by atoms with van der Waals surface area (Å²) in [5.74, 6) is 3.72. The first-order chi connectivity index (χ1) is 18.2. The van der Waals surface area contributed by atoms with Gasteiger partial charge in [-0.05, 0) is 103 Å². The summed E-state index contributed by atoms with van der Waals surface area (Å²) in [6, 6.07) is 10.5. The zero-order chi connectivity index (χ0) is 26.3. The van der Waals surface area contributed by atoms with Crippen LogP contribution in [0.2, 0.25) is 0 Å². The van der Waals surface area contributed by atoms with Crippen molar-refractivity contribution in [1.82, 2.24) is 0 Å². The van der Waals surface area contributed by atoms with Gasteiger partial charge in [-0.25, -0.2) is 0 Å². The van der Waals surface area contributed by atoms with Crippen LogP contribution >= 0.6 is 0 Å². The molecule has 0 amide bonds. The van der Waals surface area contributed by atoms with E-state index in [0.29, 0.717) is 53.6 Å². The summed E-state index contributed by atoms with van der Waals surface area (Å²) in [7, 11) is 0. The fourth-order valence-electron chi connectivity index (χ4n) is 11.2. The molecule has 2 saturated heterocycles. The van der Waals surface area contributed by atoms with Crippen molar-refractivity contribution >= 4 is 0 Å². The molecule has 0 unspecified atom stereocenters. The molecular formula is C34H50O4. The molecule has 0 aromatic heterocycles. The highest BCUT2D eigenvalue weighted by Crippen LogP contribution is 2.71. The van der Waals surface area contributed by atoms with Crippen LogP contribution in [0.5, 0.6) is 0 Å². The molecule has 38 heavy (non-hydrogen) atoms. The highest BCUT2D eigenvalue weighted by atomic mass is 16.7. The maximum Gasteiger partial charge on any atom is 0.171 e. The highest BCUT2D eigenvalue weighted by Gasteiger charge is 2.69. The van der Waals surface area contributed by atoms with E-state index in [1.807, 2.05) is 0 Å². The van der Waals surface area contributed by atoms with Gasteiger partial charge in [-0.3, -0.25) is 0 Å². The summed E-state index contributed by atoms with van der Waals surface area (Å²) < 4.78 is 19.9. The molecule has 2 aliphatic heterocycles. The molecule has 13 atom stereocenters. The second kappa shape index (κ2) is 9.29. The summed E-state index contributed by atoms with van der Waals surface area (Å²) in [4.78, 5) is 0. The Bertz CT molecular complexity index is 1000. The molecule has 0 radical (unpaired) electrons. The van der Waals surface area contributed by atoms with Crippen LogP contribution in [-0.2, 0) is 20.8 Å². The number of aliphatic hydroxyl groups is 1. The van der Waals surface area contributed by atoms with Gasteiger partial charge in [0.1, 0.15) is 0 Å². The lowest BCUT2D eigenvalue weighted by Gasteiger charge is -2.62. The number of rotatable bonds is 3. The second-order valence-electron chi connectivity index (χ2n) is 15.0. The van der Waals surface area contributed by atoms with Crippen molar-refractivity contribution in [3.8, 4) is 0 Å². The van der Waals surface area contributed by atoms with E-state index in [2.05, 4.69) is 58.0 Å². The first-order valence-electron chi connectivity index (χ1n) is 15.9. The van der Waals surface area contributed by atoms with Crippen LogP contribution in [-0.4, -0.2) is 35.8 Å². The van der Waals surface area contributed by atoms with Crippen LogP contribution in [0.3, 0.4) is 0 Å². The van der Waals surface area contributed by atoms with Gasteiger partial charge >= 0.3 is 0 Å². The molecule has 1 aromatic rings. The van der Waals surface area contributed by atoms with Crippen molar-refractivity contribution in [2.45, 2.75) is 116 Å². The van der Waals surface area contributed by atoms with Gasteiger partial charge in [0.05, 0.1) is 31.5 Å². The smallest absolute Gasteiger partial charge is 0.171 e. The quantitative estimate of drug-likeness (QED) is 0.465. The van der Waals surface area contributed by atoms with Crippen LogP contribution in [0.15, 0.2) is 30.3 Å². The van der Waals surface area contributed by atoms with E-state index in [0.717, 1.165) is 38.2 Å². The van der Waals surface area contributed by atoms with Crippen LogP contribution in [0.25, 0.3) is 0 Å². The van der Waals surface area contributed by atoms with Gasteiger partial charge in [0, 0.05) is 12.3 Å². The molecule has 4 nitrogen and oxygen atoms in total. The molecule has 2 heterocycles. The van der Waals surface area contributed by atoms with Crippen molar-refractivity contribution < 1.29 is 19.3 Å². The van der Waals surface area contributed by atoms with Crippen LogP contribution in [0.1, 0.15) is 91.0 Å². The third-order valence-corrected chi connectivity index (χ3v) is 13.2. The van der Waals surface area contributed by atoms with Crippen molar-refractivity contribution in [2.75, 3.05) is 6.61 Å². The van der Waals surface area contributed by atoms with Gasteiger partial charge in [-0.2, -0.15) is 0 Å². The minimum atomic E-state index is -0.339. The van der Waals surface area contributed by atoms with Gasteiger partial charge in [0.2, 0.25) is 0 Å². The van der Waals surface area contributed by atoms with E-state index in [1.54, 1.807) is 0 Å². The fraction of sp³-hybridized carbons (Fsp3) is 0.824. The molecular weight excluding hydrogens is 472 g/mol. The molecule has 7 rings (SSSR count). The Labute approximate surface area is 230 Å². The fourth-order valence-corrected chi connectivity index (χ4v) is 11.2. The first-order valence-corrected chi connectivity index (χ1v) is 15.9. The molecule has 210 valence electrons. The molecule has 4 saturated carbocycles. The summed E-state index contributed by atoms with van der Waals surface area (Å²) in [5.41, 5.74) is 1.78. The van der Waals surface area contributed by atoms with Crippen LogP contribution in [0.4, 0.5) is 0 Å². The zero-order valence-corrected chi connectivity index (χ0v) is 24.1. The maximum absolute atomic E-state index is 11.7. The molecule has 4 aliphatic carbocycles. The summed E-state index contributed by atoms with van der Waals surface area (Å²) in [6.07, 6.45) is 10.8. The Morgan fingerprint density at radius 3 is 2.45 bits per heavy atom. The summed E-state index contributed by atoms with van der Waals surface area (Å²) in [5, 5.41) is 11.7. The van der Waals surface area contributed by atoms with E-state index in [-0.39, 0.29) is 23.4 Å². The minimum absolute atomic E-state index is 0.208. The standard InChI is InChI=1S/C34H50O4/c1-21-10-15-34(37-19-21)22(2)31-30(38-34)18-27-25-17-29(35)28-16-24(36-20-23-8-6-5-7-9-23)11-13-32(28,3)26(25)12-14-33(27,31)4/h5-9,21-22,24-31,35H,10-20H2,1-4H3/t21-,22+,24+,25-,26+,27+,28+,29-,30+,31+,32-,33+,34-/m1/s1. The van der Waals surface area contributed by atoms with Gasteiger partial charge in [0.15, 0.2) is 5.79 Å². The Morgan fingerprint density at radius 1 is 0.895 bits per heavy atom. The van der Waals surface area contributed by atoms with Gasteiger partial charge in [0.25, 0.3) is 0 Å². The predicted octanol–water partition coefficient (Wildman–Crippen LogP) is 6.99. The van der Waals surface area contributed by atoms with Crippen LogP contribution in [0, 0.1) is 52.3 Å². The van der Waals surface area contributed by atoms with Gasteiger partial charge < -0.3 is 19.3 Å². The number of hydrogen-bond donors (Lipinski definition) is 1. The minimum Gasteiger partial charge on any atom is -0.393 e. The van der Waals surface area contributed by atoms with E-state index < -0.39 is 0 Å². The number of aliphatic hydroxyl groups excluding tert-OH is 1. The van der Waals surface area contributed by atoms with Gasteiger partial charge in [-0.1, -0.05) is 58.0 Å². The number of ether oxygens (including phenoxy) is 3. The molecule has 1 spiro atoms. The lowest BCUT2D eigenvalue weighted by atomic mass is 9.43. The van der Waals surface area contributed by atoms with E-state index in [9.17, 15) is 5.11 Å². The summed E-state index contributed by atoms with van der Waals surface area (Å²) >= 11 is 0. The average molecular weight is 523 g/mol.